The Balaban J connectivity index is 3.03. The molecule has 1 rings (SSSR count). The molecule has 0 saturated carbocycles. The third kappa shape index (κ3) is 2.63. The van der Waals surface area contributed by atoms with E-state index in [2.05, 4.69) is 25.9 Å². The molecule has 4 nitrogen and oxygen atoms in total. The highest BCUT2D eigenvalue weighted by atomic mass is 79.9. The number of aliphatic hydroxyl groups is 1. The summed E-state index contributed by atoms with van der Waals surface area (Å²) in [6.07, 6.45) is 2.45. The summed E-state index contributed by atoms with van der Waals surface area (Å²) in [4.78, 5) is 8.10. The van der Waals surface area contributed by atoms with Crippen LogP contribution in [0.25, 0.3) is 0 Å². The van der Waals surface area contributed by atoms with E-state index in [0.29, 0.717) is 15.3 Å². The molecule has 1 N–H and O–H groups in total. The van der Waals surface area contributed by atoms with Crippen molar-refractivity contribution in [2.45, 2.75) is 11.4 Å². The van der Waals surface area contributed by atoms with E-state index in [-0.39, 0.29) is 0 Å². The average Bonchev–Trinajstić information content (AvgIpc) is 2.17. The summed E-state index contributed by atoms with van der Waals surface area (Å²) < 4.78 is 5.38. The molecule has 0 radical (unpaired) electrons. The van der Waals surface area contributed by atoms with Gasteiger partial charge in [-0.1, -0.05) is 11.8 Å². The van der Waals surface area contributed by atoms with Crippen molar-refractivity contribution in [3.63, 3.8) is 0 Å². The minimum absolute atomic E-state index is 0.446. The molecule has 0 spiro atoms. The normalized spacial score (nSPS) is 12.9. The summed E-state index contributed by atoms with van der Waals surface area (Å²) in [7, 11) is 1.41. The summed E-state index contributed by atoms with van der Waals surface area (Å²) in [6.45, 7) is 0. The number of rotatable bonds is 3. The molecule has 0 bridgehead atoms. The molecule has 1 aromatic heterocycles. The highest BCUT2D eigenvalue weighted by Crippen LogP contribution is 2.22. The van der Waals surface area contributed by atoms with Crippen LogP contribution in [0.1, 0.15) is 12.0 Å². The lowest BCUT2D eigenvalue weighted by atomic mass is 10.4. The Kier molecular flexibility index (Phi) is 4.11. The summed E-state index contributed by atoms with van der Waals surface area (Å²) in [6, 6.07) is 0. The van der Waals surface area contributed by atoms with E-state index in [1.165, 1.54) is 18.9 Å². The van der Waals surface area contributed by atoms with E-state index < -0.39 is 6.29 Å². The van der Waals surface area contributed by atoms with Gasteiger partial charge in [0, 0.05) is 13.3 Å². The number of ether oxygens (including phenoxy) is 1. The van der Waals surface area contributed by atoms with E-state index in [0.717, 1.165) is 0 Å². The molecule has 1 atom stereocenters. The highest BCUT2D eigenvalue weighted by molar-refractivity contribution is 9.10. The van der Waals surface area contributed by atoms with E-state index in [1.54, 1.807) is 6.20 Å². The smallest absolute Gasteiger partial charge is 0.199 e. The lowest BCUT2D eigenvalue weighted by molar-refractivity contribution is -0.0808. The lowest BCUT2D eigenvalue weighted by Crippen LogP contribution is -2.05. The third-order valence-electron chi connectivity index (χ3n) is 1.39. The Hall–Kier alpha value is -0.170. The van der Waals surface area contributed by atoms with Crippen LogP contribution in [0.4, 0.5) is 0 Å². The average molecular weight is 265 g/mol. The molecule has 13 heavy (non-hydrogen) atoms. The highest BCUT2D eigenvalue weighted by Gasteiger charge is 2.13. The SMILES string of the molecule is COC(O)c1nc(SC)ncc1Br. The second kappa shape index (κ2) is 4.90. The van der Waals surface area contributed by atoms with Gasteiger partial charge in [-0.3, -0.25) is 0 Å². The molecule has 1 aromatic rings. The molecule has 72 valence electrons. The second-order valence-corrected chi connectivity index (χ2v) is 3.81. The summed E-state index contributed by atoms with van der Waals surface area (Å²) in [5, 5.41) is 9.98. The number of halogens is 1. The van der Waals surface area contributed by atoms with Crippen molar-refractivity contribution >= 4 is 27.7 Å². The zero-order valence-electron chi connectivity index (χ0n) is 7.19. The predicted molar refractivity (Wildman–Crippen MR) is 53.5 cm³/mol. The second-order valence-electron chi connectivity index (χ2n) is 2.18. The molecule has 0 amide bonds. The summed E-state index contributed by atoms with van der Waals surface area (Å²) in [5.74, 6) is 0. The van der Waals surface area contributed by atoms with Crippen LogP contribution in [0.15, 0.2) is 15.8 Å². The molecule has 0 fully saturated rings. The third-order valence-corrected chi connectivity index (χ3v) is 2.56. The minimum Gasteiger partial charge on any atom is -0.363 e. The van der Waals surface area contributed by atoms with Crippen LogP contribution in [0.3, 0.4) is 0 Å². The summed E-state index contributed by atoms with van der Waals surface area (Å²) >= 11 is 4.64. The number of hydrogen-bond acceptors (Lipinski definition) is 5. The van der Waals surface area contributed by atoms with Crippen LogP contribution in [-0.4, -0.2) is 28.4 Å². The van der Waals surface area contributed by atoms with Crippen molar-refractivity contribution in [1.82, 2.24) is 9.97 Å². The molecule has 0 aliphatic heterocycles. The van der Waals surface area contributed by atoms with Crippen molar-refractivity contribution in [2.75, 3.05) is 13.4 Å². The van der Waals surface area contributed by atoms with Gasteiger partial charge in [-0.25, -0.2) is 9.97 Å². The van der Waals surface area contributed by atoms with Crippen LogP contribution in [0.5, 0.6) is 0 Å². The molecule has 1 heterocycles. The molecular weight excluding hydrogens is 256 g/mol. The largest absolute Gasteiger partial charge is 0.363 e. The lowest BCUT2D eigenvalue weighted by Gasteiger charge is -2.09. The monoisotopic (exact) mass is 264 g/mol. The Morgan fingerprint density at radius 2 is 2.38 bits per heavy atom. The van der Waals surface area contributed by atoms with Gasteiger partial charge in [-0.05, 0) is 22.2 Å². The van der Waals surface area contributed by atoms with Gasteiger partial charge >= 0.3 is 0 Å². The van der Waals surface area contributed by atoms with Crippen LogP contribution >= 0.6 is 27.7 Å². The fourth-order valence-electron chi connectivity index (χ4n) is 0.746. The van der Waals surface area contributed by atoms with Crippen molar-refractivity contribution < 1.29 is 9.84 Å². The number of hydrogen-bond donors (Lipinski definition) is 1. The van der Waals surface area contributed by atoms with Gasteiger partial charge in [0.15, 0.2) is 11.4 Å². The Morgan fingerprint density at radius 1 is 1.69 bits per heavy atom. The van der Waals surface area contributed by atoms with Gasteiger partial charge in [0.2, 0.25) is 0 Å². The van der Waals surface area contributed by atoms with E-state index in [9.17, 15) is 5.11 Å². The fraction of sp³-hybridized carbons (Fsp3) is 0.429. The van der Waals surface area contributed by atoms with Crippen LogP contribution in [0, 0.1) is 0 Å². The van der Waals surface area contributed by atoms with Gasteiger partial charge < -0.3 is 9.84 Å². The molecule has 0 saturated heterocycles. The zero-order valence-corrected chi connectivity index (χ0v) is 9.59. The zero-order chi connectivity index (χ0) is 9.84. The van der Waals surface area contributed by atoms with Crippen molar-refractivity contribution in [3.8, 4) is 0 Å². The Morgan fingerprint density at radius 3 is 2.92 bits per heavy atom. The fourth-order valence-corrected chi connectivity index (χ4v) is 1.48. The van der Waals surface area contributed by atoms with E-state index in [4.69, 9.17) is 4.74 Å². The molecule has 0 aromatic carbocycles. The van der Waals surface area contributed by atoms with Gasteiger partial charge in [-0.2, -0.15) is 0 Å². The van der Waals surface area contributed by atoms with E-state index in [1.807, 2.05) is 6.26 Å². The van der Waals surface area contributed by atoms with Gasteiger partial charge in [0.25, 0.3) is 0 Å². The van der Waals surface area contributed by atoms with E-state index >= 15 is 0 Å². The first-order chi connectivity index (χ1) is 6.19. The first-order valence-electron chi connectivity index (χ1n) is 3.46. The number of aromatic nitrogens is 2. The van der Waals surface area contributed by atoms with Crippen LogP contribution in [0.2, 0.25) is 0 Å². The Bertz CT molecular complexity index is 298. The quantitative estimate of drug-likeness (QED) is 0.511. The molecule has 0 aliphatic carbocycles. The van der Waals surface area contributed by atoms with Crippen LogP contribution < -0.4 is 0 Å². The number of thioether (sulfide) groups is 1. The van der Waals surface area contributed by atoms with Gasteiger partial charge in [-0.15, -0.1) is 0 Å². The van der Waals surface area contributed by atoms with Crippen LogP contribution in [-0.2, 0) is 4.74 Å². The maximum atomic E-state index is 9.38. The summed E-state index contributed by atoms with van der Waals surface area (Å²) in [5.41, 5.74) is 0.446. The first kappa shape index (κ1) is 10.9. The van der Waals surface area contributed by atoms with Crippen molar-refractivity contribution in [1.29, 1.82) is 0 Å². The first-order valence-corrected chi connectivity index (χ1v) is 5.48. The standard InChI is InChI=1S/C7H9BrN2O2S/c1-12-6(11)5-4(8)3-9-7(10-5)13-2/h3,6,11H,1-2H3. The molecular formula is C7H9BrN2O2S. The Labute approximate surface area is 88.9 Å². The molecule has 1 unspecified atom stereocenters. The van der Waals surface area contributed by atoms with Gasteiger partial charge in [0.05, 0.1) is 4.47 Å². The van der Waals surface area contributed by atoms with Gasteiger partial charge in [0.1, 0.15) is 5.69 Å². The van der Waals surface area contributed by atoms with Crippen molar-refractivity contribution in [3.05, 3.63) is 16.4 Å². The maximum Gasteiger partial charge on any atom is 0.199 e. The number of methoxy groups -OCH3 is 1. The number of nitrogens with zero attached hydrogens (tertiary/aromatic N) is 2. The topological polar surface area (TPSA) is 55.2 Å². The number of aliphatic hydroxyl groups excluding tert-OH is 1. The molecule has 0 aliphatic rings. The molecule has 6 heteroatoms. The minimum atomic E-state index is -1.01. The predicted octanol–water partition coefficient (Wildman–Crippen LogP) is 1.60. The van der Waals surface area contributed by atoms with Crippen molar-refractivity contribution in [2.24, 2.45) is 0 Å². The maximum absolute atomic E-state index is 9.38.